The summed E-state index contributed by atoms with van der Waals surface area (Å²) in [4.78, 5) is 31.5. The maximum absolute atomic E-state index is 5.35. The summed E-state index contributed by atoms with van der Waals surface area (Å²) in [5.74, 6) is 2.01. The maximum Gasteiger partial charge on any atom is 0.235 e. The van der Waals surface area contributed by atoms with Crippen LogP contribution in [-0.2, 0) is 0 Å². The van der Waals surface area contributed by atoms with E-state index in [2.05, 4.69) is 493 Å². The van der Waals surface area contributed by atoms with Crippen LogP contribution in [0.1, 0.15) is 0 Å². The monoisotopic (exact) mass is 1940 g/mol. The highest BCUT2D eigenvalue weighted by Crippen LogP contribution is 2.49. The van der Waals surface area contributed by atoms with Gasteiger partial charge in [0, 0.05) is 126 Å². The molecule has 0 bridgehead atoms. The van der Waals surface area contributed by atoms with Gasteiger partial charge in [-0.2, -0.15) is 0 Å². The van der Waals surface area contributed by atoms with Crippen LogP contribution < -0.4 is 0 Å². The van der Waals surface area contributed by atoms with Crippen LogP contribution in [0, 0.1) is 0 Å². The lowest BCUT2D eigenvalue weighted by Crippen LogP contribution is -2.03. The van der Waals surface area contributed by atoms with Crippen LogP contribution in [0.5, 0.6) is 0 Å². The molecule has 0 aliphatic rings. The highest BCUT2D eigenvalue weighted by molar-refractivity contribution is 7.27. The van der Waals surface area contributed by atoms with Crippen molar-refractivity contribution in [1.29, 1.82) is 0 Å². The van der Waals surface area contributed by atoms with E-state index in [-0.39, 0.29) is 0 Å². The standard InChI is InChI=1S/C48H29N3S.C46H27N3S.C42H25N3S/c1-2-10-30(11-3-1)31-18-20-32(21-19-31)47-38-13-4-7-15-41(38)49-48(50-47)51-42-16-8-5-14-39(42)46-36-25-22-33(28-35(36)23-26-43(46)51)34-24-27-45-40(29-34)37-12-6-9-17-44(37)52-45;1-2-11-29-26-32(21-20-28(29)10-1)44-37-13-3-6-17-39(37)47-46(48-44)49-40-18-7-4-14-38(40)43-33-24-22-31(27-30(33)23-25-41(43)49)34-15-9-16-36-35-12-5-8-19-42(35)50-45(34)36;1-2-11-26(12-3-1)40-33-14-4-7-18-35(33)43-42(44-40)45-36-19-8-5-15-34(36)39-29-23-21-28(25-27(29)22-24-37(39)45)30-16-10-17-32-31-13-6-9-20-38(31)46-41(30)32/h1-29H;1-27H;1-25H. The van der Waals surface area contributed by atoms with Crippen LogP contribution in [0.25, 0.3) is 298 Å². The predicted molar refractivity (Wildman–Crippen MR) is 628 cm³/mol. The number of nitrogens with zero attached hydrogens (tertiary/aromatic N) is 9. The van der Waals surface area contributed by atoms with E-state index in [4.69, 9.17) is 29.9 Å². The van der Waals surface area contributed by atoms with Crippen LogP contribution >= 0.6 is 34.0 Å². The average Bonchev–Trinajstić information content (AvgIpc) is 1.57. The summed E-state index contributed by atoms with van der Waals surface area (Å²) < 4.78 is 14.7. The molecule has 688 valence electrons. The fourth-order valence-corrected chi connectivity index (χ4v) is 26.5. The van der Waals surface area contributed by atoms with E-state index in [1.807, 2.05) is 46.1 Å². The maximum atomic E-state index is 5.35. The van der Waals surface area contributed by atoms with Gasteiger partial charge in [0.25, 0.3) is 0 Å². The molecule has 0 aliphatic carbocycles. The third-order valence-corrected chi connectivity index (χ3v) is 33.4. The molecule has 0 N–H and O–H groups in total. The Balaban J connectivity index is 0.000000103. The van der Waals surface area contributed by atoms with Crippen molar-refractivity contribution in [3.8, 4) is 96.1 Å². The first-order chi connectivity index (χ1) is 73.4. The first-order valence-electron chi connectivity index (χ1n) is 50.0. The topological polar surface area (TPSA) is 92.1 Å². The van der Waals surface area contributed by atoms with Crippen LogP contribution in [0.4, 0.5) is 0 Å². The SMILES string of the molecule is c1ccc(-c2ccc(-c3nc(-n4c5ccccc5c5c6ccc(-c7ccc8sc9ccccc9c8c7)cc6ccc54)nc4ccccc34)cc2)cc1.c1ccc(-c2nc(-n3c4ccccc4c4c5ccc(-c6cccc7c6sc6ccccc67)cc5ccc43)nc3ccccc23)cc1.c1ccc2cc(-c3nc(-n4c5ccccc5c5c6ccc(-c7cccc8c7sc7ccccc78)cc6ccc54)nc4ccccc34)ccc2c1. The van der Waals surface area contributed by atoms with E-state index >= 15 is 0 Å². The Labute approximate surface area is 860 Å². The van der Waals surface area contributed by atoms with Gasteiger partial charge in [-0.25, -0.2) is 29.9 Å². The quantitative estimate of drug-likeness (QED) is 0.135. The lowest BCUT2D eigenvalue weighted by Gasteiger charge is -2.12. The zero-order valence-electron chi connectivity index (χ0n) is 79.5. The first kappa shape index (κ1) is 84.8. The van der Waals surface area contributed by atoms with Gasteiger partial charge in [-0.3, -0.25) is 13.7 Å². The van der Waals surface area contributed by atoms with Gasteiger partial charge in [0.2, 0.25) is 17.8 Å². The predicted octanol–water partition coefficient (Wildman–Crippen LogP) is 37.6. The Bertz CT molecular complexity index is 11100. The number of thiophene rings is 3. The lowest BCUT2D eigenvalue weighted by atomic mass is 9.97. The van der Waals surface area contributed by atoms with Gasteiger partial charge >= 0.3 is 0 Å². The Hall–Kier alpha value is -18.8. The summed E-state index contributed by atoms with van der Waals surface area (Å²) >= 11 is 5.61. The van der Waals surface area contributed by atoms with Crippen molar-refractivity contribution in [2.24, 2.45) is 0 Å². The van der Waals surface area contributed by atoms with E-state index in [1.165, 1.54) is 180 Å². The van der Waals surface area contributed by atoms with Gasteiger partial charge in [-0.15, -0.1) is 34.0 Å². The van der Waals surface area contributed by atoms with Gasteiger partial charge in [0.1, 0.15) is 0 Å². The molecule has 0 amide bonds. The minimum atomic E-state index is 0.666. The number of hydrogen-bond donors (Lipinski definition) is 0. The number of rotatable bonds is 10. The van der Waals surface area contributed by atoms with Crippen molar-refractivity contribution in [2.45, 2.75) is 0 Å². The van der Waals surface area contributed by atoms with Gasteiger partial charge in [-0.05, 0) is 197 Å². The minimum absolute atomic E-state index is 0.666. The zero-order valence-corrected chi connectivity index (χ0v) is 82.0. The normalized spacial score (nSPS) is 11.9. The lowest BCUT2D eigenvalue weighted by molar-refractivity contribution is 1.01. The van der Waals surface area contributed by atoms with E-state index in [9.17, 15) is 0 Å². The molecule has 0 atom stereocenters. The fourth-order valence-electron chi connectivity index (χ4n) is 22.9. The number of benzene rings is 23. The van der Waals surface area contributed by atoms with Crippen molar-refractivity contribution in [3.05, 3.63) is 491 Å². The Morgan fingerprint density at radius 1 is 0.149 bits per heavy atom. The Morgan fingerprint density at radius 2 is 0.453 bits per heavy atom. The Morgan fingerprint density at radius 3 is 0.926 bits per heavy atom. The number of para-hydroxylation sites is 6. The largest absolute Gasteiger partial charge is 0.278 e. The van der Waals surface area contributed by atoms with Gasteiger partial charge in [0.05, 0.1) is 66.7 Å². The van der Waals surface area contributed by atoms with Crippen LogP contribution in [0.2, 0.25) is 0 Å². The molecule has 9 heterocycles. The van der Waals surface area contributed by atoms with E-state index in [0.29, 0.717) is 17.8 Å². The molecule has 0 fully saturated rings. The second-order valence-electron chi connectivity index (χ2n) is 38.2. The van der Waals surface area contributed by atoms with Crippen molar-refractivity contribution in [3.63, 3.8) is 0 Å². The van der Waals surface area contributed by atoms with Gasteiger partial charge < -0.3 is 0 Å². The van der Waals surface area contributed by atoms with Crippen molar-refractivity contribution in [2.75, 3.05) is 0 Å². The smallest absolute Gasteiger partial charge is 0.235 e. The summed E-state index contributed by atoms with van der Waals surface area (Å²) in [6, 6.07) is 176. The summed E-state index contributed by atoms with van der Waals surface area (Å²) in [6.45, 7) is 0. The summed E-state index contributed by atoms with van der Waals surface area (Å²) in [5.41, 5.74) is 25.2. The highest BCUT2D eigenvalue weighted by atomic mass is 32.1. The third kappa shape index (κ3) is 13.9. The minimum Gasteiger partial charge on any atom is -0.278 e. The fraction of sp³-hybridized carbons (Fsp3) is 0. The molecule has 0 saturated heterocycles. The van der Waals surface area contributed by atoms with E-state index < -0.39 is 0 Å². The Kier molecular flexibility index (Phi) is 19.8. The van der Waals surface area contributed by atoms with E-state index in [1.54, 1.807) is 0 Å². The zero-order chi connectivity index (χ0) is 97.1. The number of fused-ring (bicyclic) bond motifs is 28. The van der Waals surface area contributed by atoms with Crippen LogP contribution in [0.3, 0.4) is 0 Å². The summed E-state index contributed by atoms with van der Waals surface area (Å²) in [5, 5.41) is 28.0. The number of hydrogen-bond acceptors (Lipinski definition) is 9. The highest BCUT2D eigenvalue weighted by Gasteiger charge is 2.26. The molecule has 0 saturated carbocycles. The molecule has 0 aliphatic heterocycles. The van der Waals surface area contributed by atoms with Crippen LogP contribution in [0.15, 0.2) is 491 Å². The van der Waals surface area contributed by atoms with Crippen molar-refractivity contribution < 1.29 is 0 Å². The molecule has 0 radical (unpaired) electrons. The molecule has 9 nitrogen and oxygen atoms in total. The van der Waals surface area contributed by atoms with Crippen molar-refractivity contribution >= 4 is 236 Å². The molecule has 32 aromatic rings. The molecule has 9 aromatic heterocycles. The van der Waals surface area contributed by atoms with Gasteiger partial charge in [0.15, 0.2) is 0 Å². The molecular formula is C136H81N9S3. The second kappa shape index (κ2) is 34.5. The molecule has 148 heavy (non-hydrogen) atoms. The summed E-state index contributed by atoms with van der Waals surface area (Å²) in [7, 11) is 0. The second-order valence-corrected chi connectivity index (χ2v) is 41.3. The molecule has 23 aromatic carbocycles. The van der Waals surface area contributed by atoms with E-state index in [0.717, 1.165) is 99.6 Å². The molecule has 0 unspecified atom stereocenters. The average molecular weight is 1940 g/mol. The molecular weight excluding hydrogens is 1860 g/mol. The van der Waals surface area contributed by atoms with Crippen molar-refractivity contribution in [1.82, 2.24) is 43.6 Å². The van der Waals surface area contributed by atoms with Crippen LogP contribution in [-0.4, -0.2) is 43.6 Å². The molecule has 12 heteroatoms. The van der Waals surface area contributed by atoms with Gasteiger partial charge in [-0.1, -0.05) is 382 Å². The molecule has 0 spiro atoms. The molecule has 32 rings (SSSR count). The summed E-state index contributed by atoms with van der Waals surface area (Å²) in [6.07, 6.45) is 0. The third-order valence-electron chi connectivity index (χ3n) is 29.8. The first-order valence-corrected chi connectivity index (χ1v) is 52.4. The number of aromatic nitrogens is 9.